The molecule has 0 aromatic rings. The van der Waals surface area contributed by atoms with Crippen LogP contribution in [0.3, 0.4) is 0 Å². The molecule has 0 fully saturated rings. The lowest BCUT2D eigenvalue weighted by atomic mass is 9.92. The van der Waals surface area contributed by atoms with Crippen LogP contribution in [-0.4, -0.2) is 35.6 Å². The second-order valence-corrected chi connectivity index (χ2v) is 5.16. The Morgan fingerprint density at radius 1 is 1.11 bits per heavy atom. The van der Waals surface area contributed by atoms with E-state index in [1.165, 1.54) is 6.92 Å². The van der Waals surface area contributed by atoms with Gasteiger partial charge in [0.1, 0.15) is 5.60 Å². The van der Waals surface area contributed by atoms with Crippen LogP contribution in [0.4, 0.5) is 4.79 Å². The number of esters is 1. The van der Waals surface area contributed by atoms with Crippen LogP contribution in [0.5, 0.6) is 0 Å². The first-order chi connectivity index (χ1) is 8.59. The van der Waals surface area contributed by atoms with E-state index in [9.17, 15) is 14.4 Å². The van der Waals surface area contributed by atoms with Gasteiger partial charge in [0.2, 0.25) is 0 Å². The van der Waals surface area contributed by atoms with Crippen LogP contribution in [0.25, 0.3) is 0 Å². The Labute approximate surface area is 113 Å². The third-order valence-corrected chi connectivity index (χ3v) is 2.47. The number of Topliss-reactive ketones (excluding diaryl/α,β-unsaturated/α-hetero) is 1. The molecule has 0 aromatic carbocycles. The van der Waals surface area contributed by atoms with E-state index in [2.05, 4.69) is 5.32 Å². The van der Waals surface area contributed by atoms with Crippen LogP contribution in [0, 0.1) is 0 Å². The van der Waals surface area contributed by atoms with E-state index in [0.717, 1.165) is 0 Å². The quantitative estimate of drug-likeness (QED) is 0.610. The van der Waals surface area contributed by atoms with Gasteiger partial charge in [0.15, 0.2) is 11.3 Å². The van der Waals surface area contributed by atoms with Crippen molar-refractivity contribution >= 4 is 17.8 Å². The van der Waals surface area contributed by atoms with Crippen molar-refractivity contribution in [2.24, 2.45) is 0 Å². The SMILES string of the molecule is CCOC(=O)C(CC)(NC(=O)OC(C)(C)C)C(C)=O. The predicted octanol–water partition coefficient (Wildman–Crippen LogP) is 1.81. The molecular formula is C13H23NO5. The molecule has 0 aromatic heterocycles. The normalized spacial score (nSPS) is 14.2. The summed E-state index contributed by atoms with van der Waals surface area (Å²) in [7, 11) is 0. The van der Waals surface area contributed by atoms with Gasteiger partial charge in [-0.05, 0) is 41.0 Å². The monoisotopic (exact) mass is 273 g/mol. The number of nitrogens with one attached hydrogen (secondary N) is 1. The van der Waals surface area contributed by atoms with Crippen LogP contribution in [0.15, 0.2) is 0 Å². The molecule has 0 aliphatic heterocycles. The van der Waals surface area contributed by atoms with Crippen LogP contribution >= 0.6 is 0 Å². The Morgan fingerprint density at radius 2 is 1.63 bits per heavy atom. The molecule has 6 heteroatoms. The smallest absolute Gasteiger partial charge is 0.408 e. The molecule has 0 spiro atoms. The van der Waals surface area contributed by atoms with Crippen molar-refractivity contribution in [1.82, 2.24) is 5.32 Å². The van der Waals surface area contributed by atoms with Crippen molar-refractivity contribution in [1.29, 1.82) is 0 Å². The van der Waals surface area contributed by atoms with Crippen molar-refractivity contribution < 1.29 is 23.9 Å². The minimum Gasteiger partial charge on any atom is -0.464 e. The molecule has 1 N–H and O–H groups in total. The molecule has 6 nitrogen and oxygen atoms in total. The largest absolute Gasteiger partial charge is 0.464 e. The molecular weight excluding hydrogens is 250 g/mol. The Hall–Kier alpha value is -1.59. The maximum absolute atomic E-state index is 11.9. The maximum Gasteiger partial charge on any atom is 0.408 e. The van der Waals surface area contributed by atoms with E-state index in [0.29, 0.717) is 0 Å². The van der Waals surface area contributed by atoms with Crippen molar-refractivity contribution in [2.45, 2.75) is 59.1 Å². The predicted molar refractivity (Wildman–Crippen MR) is 69.7 cm³/mol. The fourth-order valence-corrected chi connectivity index (χ4v) is 1.50. The van der Waals surface area contributed by atoms with Gasteiger partial charge < -0.3 is 9.47 Å². The molecule has 0 radical (unpaired) electrons. The molecule has 0 aliphatic rings. The van der Waals surface area contributed by atoms with E-state index in [1.807, 2.05) is 0 Å². The number of carbonyl (C=O) groups is 3. The summed E-state index contributed by atoms with van der Waals surface area (Å²) in [6, 6.07) is 0. The standard InChI is InChI=1S/C13H23NO5/c1-7-13(9(3)15,10(16)18-8-2)14-11(17)19-12(4,5)6/h7-8H2,1-6H3,(H,14,17). The van der Waals surface area contributed by atoms with E-state index in [4.69, 9.17) is 9.47 Å². The molecule has 110 valence electrons. The van der Waals surface area contributed by atoms with Gasteiger partial charge in [-0.3, -0.25) is 10.1 Å². The number of amides is 1. The number of carbonyl (C=O) groups excluding carboxylic acids is 3. The number of ketones is 1. The van der Waals surface area contributed by atoms with Gasteiger partial charge in [-0.1, -0.05) is 6.92 Å². The number of ether oxygens (including phenoxy) is 2. The van der Waals surface area contributed by atoms with Gasteiger partial charge in [-0.15, -0.1) is 0 Å². The molecule has 0 saturated heterocycles. The van der Waals surface area contributed by atoms with Crippen molar-refractivity contribution in [3.8, 4) is 0 Å². The zero-order valence-corrected chi connectivity index (χ0v) is 12.5. The van der Waals surface area contributed by atoms with Gasteiger partial charge in [-0.25, -0.2) is 9.59 Å². The molecule has 0 aliphatic carbocycles. The zero-order valence-electron chi connectivity index (χ0n) is 12.5. The zero-order chi connectivity index (χ0) is 15.3. The lowest BCUT2D eigenvalue weighted by molar-refractivity contribution is -0.155. The fourth-order valence-electron chi connectivity index (χ4n) is 1.50. The third kappa shape index (κ3) is 4.89. The highest BCUT2D eigenvalue weighted by molar-refractivity contribution is 6.09. The second kappa shape index (κ2) is 6.54. The summed E-state index contributed by atoms with van der Waals surface area (Å²) in [4.78, 5) is 35.4. The average Bonchev–Trinajstić information content (AvgIpc) is 2.23. The summed E-state index contributed by atoms with van der Waals surface area (Å²) in [5.74, 6) is -1.25. The molecule has 0 bridgehead atoms. The minimum atomic E-state index is -1.68. The van der Waals surface area contributed by atoms with Crippen molar-refractivity contribution in [3.05, 3.63) is 0 Å². The first-order valence-corrected chi connectivity index (χ1v) is 6.28. The van der Waals surface area contributed by atoms with Crippen LogP contribution in [-0.2, 0) is 19.1 Å². The lowest BCUT2D eigenvalue weighted by Crippen LogP contribution is -2.60. The van der Waals surface area contributed by atoms with Gasteiger partial charge in [-0.2, -0.15) is 0 Å². The van der Waals surface area contributed by atoms with Gasteiger partial charge in [0.05, 0.1) is 6.61 Å². The number of alkyl carbamates (subject to hydrolysis) is 1. The molecule has 1 unspecified atom stereocenters. The molecule has 0 rings (SSSR count). The number of hydrogen-bond acceptors (Lipinski definition) is 5. The van der Waals surface area contributed by atoms with E-state index in [-0.39, 0.29) is 13.0 Å². The van der Waals surface area contributed by atoms with Crippen molar-refractivity contribution in [3.63, 3.8) is 0 Å². The lowest BCUT2D eigenvalue weighted by Gasteiger charge is -2.30. The van der Waals surface area contributed by atoms with E-state index < -0.39 is 29.0 Å². The summed E-state index contributed by atoms with van der Waals surface area (Å²) in [5, 5.41) is 2.34. The fraction of sp³-hybridized carbons (Fsp3) is 0.769. The highest BCUT2D eigenvalue weighted by Crippen LogP contribution is 2.16. The highest BCUT2D eigenvalue weighted by atomic mass is 16.6. The van der Waals surface area contributed by atoms with Crippen LogP contribution in [0.1, 0.15) is 48.0 Å². The van der Waals surface area contributed by atoms with E-state index in [1.54, 1.807) is 34.6 Å². The maximum atomic E-state index is 11.9. The van der Waals surface area contributed by atoms with Crippen LogP contribution in [0.2, 0.25) is 0 Å². The first kappa shape index (κ1) is 17.4. The second-order valence-electron chi connectivity index (χ2n) is 5.16. The van der Waals surface area contributed by atoms with E-state index >= 15 is 0 Å². The summed E-state index contributed by atoms with van der Waals surface area (Å²) >= 11 is 0. The Bertz CT molecular complexity index is 359. The molecule has 1 amide bonds. The van der Waals surface area contributed by atoms with Gasteiger partial charge in [0, 0.05) is 0 Å². The number of hydrogen-bond donors (Lipinski definition) is 1. The molecule has 19 heavy (non-hydrogen) atoms. The van der Waals surface area contributed by atoms with Gasteiger partial charge in [0.25, 0.3) is 0 Å². The Kier molecular flexibility index (Phi) is 5.99. The molecule has 0 heterocycles. The Morgan fingerprint density at radius 3 is 1.95 bits per heavy atom. The van der Waals surface area contributed by atoms with Crippen LogP contribution < -0.4 is 5.32 Å². The average molecular weight is 273 g/mol. The molecule has 1 atom stereocenters. The topological polar surface area (TPSA) is 81.7 Å². The number of rotatable bonds is 5. The minimum absolute atomic E-state index is 0.0976. The summed E-state index contributed by atoms with van der Waals surface area (Å²) in [6.07, 6.45) is -0.724. The third-order valence-electron chi connectivity index (χ3n) is 2.47. The first-order valence-electron chi connectivity index (χ1n) is 6.28. The summed E-state index contributed by atoms with van der Waals surface area (Å²) in [5.41, 5.74) is -2.40. The summed E-state index contributed by atoms with van der Waals surface area (Å²) < 4.78 is 9.92. The molecule has 0 saturated carbocycles. The van der Waals surface area contributed by atoms with Gasteiger partial charge >= 0.3 is 12.1 Å². The highest BCUT2D eigenvalue weighted by Gasteiger charge is 2.45. The van der Waals surface area contributed by atoms with Crippen molar-refractivity contribution in [2.75, 3.05) is 6.61 Å². The Balaban J connectivity index is 5.12. The summed E-state index contributed by atoms with van der Waals surface area (Å²) in [6.45, 7) is 9.69.